The first-order valence-electron chi connectivity index (χ1n) is 11.3. The Bertz CT molecular complexity index is 1410. The number of rotatable bonds is 7. The third-order valence-corrected chi connectivity index (χ3v) is 7.59. The van der Waals surface area contributed by atoms with Crippen LogP contribution < -0.4 is 14.8 Å². The molecule has 0 aromatic carbocycles. The number of aromatic nitrogens is 3. The van der Waals surface area contributed by atoms with Crippen LogP contribution in [0.4, 0.5) is 13.2 Å². The summed E-state index contributed by atoms with van der Waals surface area (Å²) < 4.78 is 73.5. The number of fused-ring (bicyclic) bond motifs is 1. The van der Waals surface area contributed by atoms with E-state index in [1.54, 1.807) is 6.92 Å². The number of carbonyl (C=O) groups is 1. The predicted octanol–water partition coefficient (Wildman–Crippen LogP) is 3.21. The van der Waals surface area contributed by atoms with Gasteiger partial charge in [-0.15, -0.1) is 0 Å². The summed E-state index contributed by atoms with van der Waals surface area (Å²) in [6.07, 6.45) is -2.22. The lowest BCUT2D eigenvalue weighted by atomic mass is 9.94. The van der Waals surface area contributed by atoms with E-state index < -0.39 is 40.2 Å². The standard InChI is InChI=1S/C23H25F3N4O6S/c1-14(31)15-9-19(35-13-23(24,25)26)21(27-12-15)36-17-3-6-30-16(10-17)11-18(29-30)20(32)28-22(2)4-7-37(33,34)8-5-22/h3,6,9-12,14,31H,4-5,7-8,13H2,1-2H3,(H,28,32)/t14-/m1/s1. The van der Waals surface area contributed by atoms with Gasteiger partial charge in [0.2, 0.25) is 0 Å². The third-order valence-electron chi connectivity index (χ3n) is 5.94. The van der Waals surface area contributed by atoms with Crippen molar-refractivity contribution in [2.24, 2.45) is 0 Å². The van der Waals surface area contributed by atoms with Crippen LogP contribution >= 0.6 is 0 Å². The van der Waals surface area contributed by atoms with Gasteiger partial charge in [0.1, 0.15) is 15.6 Å². The van der Waals surface area contributed by atoms with E-state index in [1.165, 1.54) is 48.1 Å². The Balaban J connectivity index is 1.53. The van der Waals surface area contributed by atoms with Gasteiger partial charge in [-0.05, 0) is 44.9 Å². The molecule has 0 unspecified atom stereocenters. The van der Waals surface area contributed by atoms with Crippen LogP contribution in [0, 0.1) is 0 Å². The molecule has 3 aromatic heterocycles. The van der Waals surface area contributed by atoms with Crippen molar-refractivity contribution in [3.05, 3.63) is 47.9 Å². The quantitative estimate of drug-likeness (QED) is 0.465. The number of nitrogens with one attached hydrogen (secondary N) is 1. The molecule has 4 heterocycles. The maximum Gasteiger partial charge on any atom is 0.422 e. The van der Waals surface area contributed by atoms with Gasteiger partial charge >= 0.3 is 6.18 Å². The van der Waals surface area contributed by atoms with Crippen molar-refractivity contribution >= 4 is 21.3 Å². The number of alkyl halides is 3. The zero-order valence-corrected chi connectivity index (χ0v) is 20.8. The minimum absolute atomic E-state index is 0.00342. The van der Waals surface area contributed by atoms with Crippen molar-refractivity contribution in [1.29, 1.82) is 0 Å². The SMILES string of the molecule is C[C@@H](O)c1cnc(Oc2ccn3nc(C(=O)NC4(C)CCS(=O)(=O)CC4)cc3c2)c(OCC(F)(F)F)c1. The van der Waals surface area contributed by atoms with Crippen LogP contribution in [0.25, 0.3) is 5.52 Å². The summed E-state index contributed by atoms with van der Waals surface area (Å²) in [7, 11) is -3.09. The van der Waals surface area contributed by atoms with Gasteiger partial charge in [0, 0.05) is 29.6 Å². The van der Waals surface area contributed by atoms with Crippen molar-refractivity contribution in [2.75, 3.05) is 18.1 Å². The first-order valence-corrected chi connectivity index (χ1v) is 13.1. The Kier molecular flexibility index (Phi) is 7.08. The molecule has 4 rings (SSSR count). The molecule has 200 valence electrons. The molecule has 1 amide bonds. The summed E-state index contributed by atoms with van der Waals surface area (Å²) in [5, 5.41) is 16.8. The molecule has 2 N–H and O–H groups in total. The molecule has 0 aliphatic carbocycles. The van der Waals surface area contributed by atoms with Gasteiger partial charge in [-0.1, -0.05) is 0 Å². The Labute approximate surface area is 210 Å². The highest BCUT2D eigenvalue weighted by Gasteiger charge is 2.35. The van der Waals surface area contributed by atoms with Crippen molar-refractivity contribution in [2.45, 2.75) is 44.5 Å². The number of hydrogen-bond acceptors (Lipinski definition) is 8. The number of pyridine rings is 2. The second-order valence-corrected chi connectivity index (χ2v) is 11.5. The number of hydrogen-bond donors (Lipinski definition) is 2. The van der Waals surface area contributed by atoms with Gasteiger partial charge in [-0.3, -0.25) is 4.79 Å². The molecule has 0 radical (unpaired) electrons. The van der Waals surface area contributed by atoms with Crippen molar-refractivity contribution in [3.8, 4) is 17.4 Å². The molecular weight excluding hydrogens is 517 g/mol. The molecule has 1 aliphatic rings. The highest BCUT2D eigenvalue weighted by molar-refractivity contribution is 7.91. The number of amides is 1. The lowest BCUT2D eigenvalue weighted by Crippen LogP contribution is -2.51. The summed E-state index contributed by atoms with van der Waals surface area (Å²) in [6.45, 7) is 1.65. The number of ether oxygens (including phenoxy) is 2. The lowest BCUT2D eigenvalue weighted by molar-refractivity contribution is -0.153. The normalized spacial score (nSPS) is 17.8. The van der Waals surface area contributed by atoms with E-state index in [2.05, 4.69) is 15.4 Å². The van der Waals surface area contributed by atoms with E-state index in [9.17, 15) is 31.5 Å². The number of sulfone groups is 1. The van der Waals surface area contributed by atoms with E-state index in [1.807, 2.05) is 0 Å². The molecule has 3 aromatic rings. The number of aliphatic hydroxyl groups excluding tert-OH is 1. The van der Waals surface area contributed by atoms with Gasteiger partial charge in [-0.25, -0.2) is 17.9 Å². The number of aliphatic hydroxyl groups is 1. The average Bonchev–Trinajstić information content (AvgIpc) is 3.24. The summed E-state index contributed by atoms with van der Waals surface area (Å²) in [5.74, 6) is -0.820. The van der Waals surface area contributed by atoms with Gasteiger partial charge in [-0.2, -0.15) is 18.3 Å². The topological polar surface area (TPSA) is 132 Å². The van der Waals surface area contributed by atoms with Crippen LogP contribution in [0.15, 0.2) is 36.7 Å². The minimum atomic E-state index is -4.59. The predicted molar refractivity (Wildman–Crippen MR) is 125 cm³/mol. The van der Waals surface area contributed by atoms with Crippen molar-refractivity contribution < 1.29 is 41.0 Å². The van der Waals surface area contributed by atoms with E-state index in [-0.39, 0.29) is 40.1 Å². The van der Waals surface area contributed by atoms with E-state index >= 15 is 0 Å². The molecule has 1 saturated heterocycles. The fraction of sp³-hybridized carbons (Fsp3) is 0.435. The molecule has 10 nitrogen and oxygen atoms in total. The lowest BCUT2D eigenvalue weighted by Gasteiger charge is -2.34. The Morgan fingerprint density at radius 3 is 2.62 bits per heavy atom. The molecule has 0 spiro atoms. The first kappa shape index (κ1) is 26.7. The van der Waals surface area contributed by atoms with Gasteiger partial charge in [0.25, 0.3) is 11.8 Å². The second-order valence-electron chi connectivity index (χ2n) is 9.18. The maximum atomic E-state index is 12.8. The summed E-state index contributed by atoms with van der Waals surface area (Å²) >= 11 is 0. The molecule has 1 fully saturated rings. The molecule has 14 heteroatoms. The first-order chi connectivity index (χ1) is 17.2. The van der Waals surface area contributed by atoms with Gasteiger partial charge < -0.3 is 19.9 Å². The Morgan fingerprint density at radius 1 is 1.27 bits per heavy atom. The Hall–Kier alpha value is -3.39. The maximum absolute atomic E-state index is 12.8. The van der Waals surface area contributed by atoms with Crippen LogP contribution in [0.5, 0.6) is 17.4 Å². The van der Waals surface area contributed by atoms with Crippen molar-refractivity contribution in [3.63, 3.8) is 0 Å². The van der Waals surface area contributed by atoms with Gasteiger partial charge in [0.05, 0.1) is 23.1 Å². The fourth-order valence-electron chi connectivity index (χ4n) is 3.73. The van der Waals surface area contributed by atoms with Gasteiger partial charge in [0.15, 0.2) is 18.1 Å². The van der Waals surface area contributed by atoms with E-state index in [4.69, 9.17) is 9.47 Å². The summed E-state index contributed by atoms with van der Waals surface area (Å²) in [5.41, 5.74) is 0.122. The molecule has 37 heavy (non-hydrogen) atoms. The third kappa shape index (κ3) is 6.68. The number of halogens is 3. The van der Waals surface area contributed by atoms with Crippen molar-refractivity contribution in [1.82, 2.24) is 19.9 Å². The largest absolute Gasteiger partial charge is 0.478 e. The highest BCUT2D eigenvalue weighted by Crippen LogP contribution is 2.33. The number of nitrogens with zero attached hydrogens (tertiary/aromatic N) is 3. The highest BCUT2D eigenvalue weighted by atomic mass is 32.2. The van der Waals surface area contributed by atoms with Crippen LogP contribution in [-0.2, 0) is 9.84 Å². The minimum Gasteiger partial charge on any atom is -0.478 e. The van der Waals surface area contributed by atoms with Crippen LogP contribution in [0.3, 0.4) is 0 Å². The molecule has 0 saturated carbocycles. The smallest absolute Gasteiger partial charge is 0.422 e. The van der Waals surface area contributed by atoms with E-state index in [0.29, 0.717) is 18.4 Å². The molecular formula is C23H25F3N4O6S. The molecule has 1 aliphatic heterocycles. The number of carbonyl (C=O) groups excluding carboxylic acids is 1. The zero-order valence-electron chi connectivity index (χ0n) is 19.9. The fourth-order valence-corrected chi connectivity index (χ4v) is 5.45. The monoisotopic (exact) mass is 542 g/mol. The van der Waals surface area contributed by atoms with Crippen LogP contribution in [-0.4, -0.2) is 63.9 Å². The molecule has 1 atom stereocenters. The van der Waals surface area contributed by atoms with Crippen LogP contribution in [0.1, 0.15) is 48.8 Å². The van der Waals surface area contributed by atoms with E-state index in [0.717, 1.165) is 0 Å². The zero-order chi connectivity index (χ0) is 27.0. The Morgan fingerprint density at radius 2 is 1.97 bits per heavy atom. The summed E-state index contributed by atoms with van der Waals surface area (Å²) in [4.78, 5) is 16.8. The second kappa shape index (κ2) is 9.82. The van der Waals surface area contributed by atoms with Crippen LogP contribution in [0.2, 0.25) is 0 Å². The summed E-state index contributed by atoms with van der Waals surface area (Å²) in [6, 6.07) is 5.70. The molecule has 0 bridgehead atoms. The average molecular weight is 543 g/mol.